The van der Waals surface area contributed by atoms with Gasteiger partial charge in [-0.05, 0) is 65.3 Å². The molecule has 2 aromatic carbocycles. The van der Waals surface area contributed by atoms with Crippen molar-refractivity contribution < 1.29 is 19.0 Å². The van der Waals surface area contributed by atoms with Gasteiger partial charge in [0.15, 0.2) is 0 Å². The highest BCUT2D eigenvalue weighted by atomic mass is 32.2. The molecule has 0 bridgehead atoms. The van der Waals surface area contributed by atoms with Crippen LogP contribution in [-0.2, 0) is 27.0 Å². The zero-order valence-corrected chi connectivity index (χ0v) is 22.5. The molecule has 12 heteroatoms. The van der Waals surface area contributed by atoms with Gasteiger partial charge in [0.05, 0.1) is 24.5 Å². The summed E-state index contributed by atoms with van der Waals surface area (Å²) >= 11 is 1.62. The van der Waals surface area contributed by atoms with Crippen LogP contribution in [0.3, 0.4) is 0 Å². The number of oxime groups is 1. The van der Waals surface area contributed by atoms with Gasteiger partial charge in [0.2, 0.25) is 0 Å². The van der Waals surface area contributed by atoms with Crippen molar-refractivity contribution in [3.63, 3.8) is 0 Å². The van der Waals surface area contributed by atoms with Gasteiger partial charge >= 0.3 is 7.67 Å². The molecular formula is C25H31N4O6PS. The third-order valence-electron chi connectivity index (χ3n) is 5.49. The SMILES string of the molecule is C=C(/C=C\SC)c1ccc(CO/N=C(\C)c2ccc(CCC(N)(CO)COP(=O)(N=O)N=O)cc2)cc1. The first-order valence-electron chi connectivity index (χ1n) is 11.2. The molecule has 0 amide bonds. The van der Waals surface area contributed by atoms with Crippen LogP contribution < -0.4 is 5.73 Å². The Labute approximate surface area is 220 Å². The van der Waals surface area contributed by atoms with Crippen LogP contribution in [0.1, 0.15) is 35.6 Å². The molecule has 0 radical (unpaired) electrons. The largest absolute Gasteiger partial charge is 0.504 e. The van der Waals surface area contributed by atoms with Gasteiger partial charge in [-0.1, -0.05) is 60.3 Å². The second-order valence-electron chi connectivity index (χ2n) is 8.36. The Hall–Kier alpha value is -2.95. The van der Waals surface area contributed by atoms with Crippen molar-refractivity contribution in [3.05, 3.63) is 98.7 Å². The normalized spacial score (nSPS) is 13.8. The van der Waals surface area contributed by atoms with Gasteiger partial charge in [0.1, 0.15) is 6.61 Å². The number of nitroso groups, excluding NO2 is 2. The van der Waals surface area contributed by atoms with E-state index in [9.17, 15) is 19.5 Å². The van der Waals surface area contributed by atoms with Crippen LogP contribution in [0.25, 0.3) is 5.57 Å². The summed E-state index contributed by atoms with van der Waals surface area (Å²) in [5.41, 5.74) is 10.2. The quantitative estimate of drug-likeness (QED) is 0.0881. The van der Waals surface area contributed by atoms with Crippen molar-refractivity contribution in [2.75, 3.05) is 19.5 Å². The van der Waals surface area contributed by atoms with Crippen LogP contribution in [-0.4, -0.2) is 35.8 Å². The van der Waals surface area contributed by atoms with E-state index in [1.54, 1.807) is 11.8 Å². The van der Waals surface area contributed by atoms with Crippen LogP contribution in [0, 0.1) is 9.81 Å². The molecule has 0 aliphatic rings. The summed E-state index contributed by atoms with van der Waals surface area (Å²) in [7, 11) is -4.53. The lowest BCUT2D eigenvalue weighted by Crippen LogP contribution is -2.48. The van der Waals surface area contributed by atoms with Crippen molar-refractivity contribution in [2.24, 2.45) is 20.8 Å². The molecule has 37 heavy (non-hydrogen) atoms. The first-order valence-corrected chi connectivity index (χ1v) is 14.1. The fourth-order valence-electron chi connectivity index (χ4n) is 3.10. The van der Waals surface area contributed by atoms with E-state index in [0.717, 1.165) is 27.8 Å². The third kappa shape index (κ3) is 9.79. The molecule has 0 heterocycles. The number of aliphatic hydroxyl groups is 1. The summed E-state index contributed by atoms with van der Waals surface area (Å²) in [5.74, 6) is 0. The number of aryl methyl sites for hydroxylation is 1. The molecule has 1 unspecified atom stereocenters. The van der Waals surface area contributed by atoms with Crippen LogP contribution in [0.2, 0.25) is 0 Å². The highest BCUT2D eigenvalue weighted by Crippen LogP contribution is 2.49. The van der Waals surface area contributed by atoms with Crippen molar-refractivity contribution >= 4 is 30.7 Å². The van der Waals surface area contributed by atoms with Crippen molar-refractivity contribution in [1.29, 1.82) is 0 Å². The Morgan fingerprint density at radius 3 is 2.27 bits per heavy atom. The van der Waals surface area contributed by atoms with Gasteiger partial charge in [-0.15, -0.1) is 21.6 Å². The average Bonchev–Trinajstić information content (AvgIpc) is 2.94. The minimum Gasteiger partial charge on any atom is -0.394 e. The highest BCUT2D eigenvalue weighted by Gasteiger charge is 2.32. The second-order valence-corrected chi connectivity index (χ2v) is 10.7. The first-order chi connectivity index (χ1) is 17.7. The summed E-state index contributed by atoms with van der Waals surface area (Å²) in [6, 6.07) is 15.5. The van der Waals surface area contributed by atoms with E-state index in [4.69, 9.17) is 15.1 Å². The van der Waals surface area contributed by atoms with E-state index < -0.39 is 26.4 Å². The van der Waals surface area contributed by atoms with Gasteiger partial charge in [-0.25, -0.2) is 4.57 Å². The number of benzene rings is 2. The van der Waals surface area contributed by atoms with Gasteiger partial charge in [-0.3, -0.25) is 4.52 Å². The van der Waals surface area contributed by atoms with Gasteiger partial charge in [0.25, 0.3) is 0 Å². The molecule has 0 spiro atoms. The van der Waals surface area contributed by atoms with E-state index in [-0.39, 0.29) is 6.42 Å². The summed E-state index contributed by atoms with van der Waals surface area (Å²) < 4.78 is 16.3. The molecule has 0 fully saturated rings. The van der Waals surface area contributed by atoms with E-state index in [1.807, 2.05) is 73.2 Å². The maximum Gasteiger partial charge on any atom is 0.504 e. The topological polar surface area (TPSA) is 153 Å². The monoisotopic (exact) mass is 546 g/mol. The second kappa shape index (κ2) is 14.7. The lowest BCUT2D eigenvalue weighted by atomic mass is 9.93. The standard InChI is InChI=1S/C25H31N4O6PS/c1-19(13-15-37-3)23-8-6-22(7-9-23)16-34-27-20(2)24-10-4-21(5-11-24)12-14-25(26,17-30)18-35-36(33,28-31)29-32/h4-11,13,15,30H,1,12,14,16-18,26H2,2-3H3/b15-13-,27-20+. The molecule has 2 aromatic rings. The number of hydrogen-bond donors (Lipinski definition) is 2. The highest BCUT2D eigenvalue weighted by molar-refractivity contribution is 8.01. The molecular weight excluding hydrogens is 515 g/mol. The molecule has 198 valence electrons. The van der Waals surface area contributed by atoms with Gasteiger partial charge in [0, 0.05) is 9.89 Å². The Kier molecular flexibility index (Phi) is 12.0. The lowest BCUT2D eigenvalue weighted by molar-refractivity contribution is 0.128. The Bertz CT molecular complexity index is 1160. The number of aliphatic hydroxyl groups excluding tert-OH is 1. The van der Waals surface area contributed by atoms with E-state index in [1.165, 1.54) is 0 Å². The summed E-state index contributed by atoms with van der Waals surface area (Å²) in [6.07, 6.45) is 4.66. The fourth-order valence-corrected chi connectivity index (χ4v) is 3.94. The van der Waals surface area contributed by atoms with Crippen LogP contribution in [0.15, 0.2) is 81.6 Å². The van der Waals surface area contributed by atoms with Crippen molar-refractivity contribution in [1.82, 2.24) is 0 Å². The van der Waals surface area contributed by atoms with E-state index >= 15 is 0 Å². The third-order valence-corrected chi connectivity index (χ3v) is 6.77. The van der Waals surface area contributed by atoms with E-state index in [0.29, 0.717) is 18.7 Å². The Morgan fingerprint density at radius 2 is 1.70 bits per heavy atom. The molecule has 3 N–H and O–H groups in total. The summed E-state index contributed by atoms with van der Waals surface area (Å²) in [4.78, 5) is 30.7. The molecule has 0 aliphatic carbocycles. The van der Waals surface area contributed by atoms with Gasteiger partial charge in [-0.2, -0.15) is 0 Å². The summed E-state index contributed by atoms with van der Waals surface area (Å²) in [6.45, 7) is 5.20. The van der Waals surface area contributed by atoms with Crippen molar-refractivity contribution in [2.45, 2.75) is 31.9 Å². The van der Waals surface area contributed by atoms with Crippen LogP contribution in [0.4, 0.5) is 0 Å². The predicted molar refractivity (Wildman–Crippen MR) is 149 cm³/mol. The molecule has 0 saturated heterocycles. The molecule has 0 saturated carbocycles. The number of hydrogen-bond acceptors (Lipinski definition) is 9. The van der Waals surface area contributed by atoms with E-state index in [2.05, 4.69) is 21.6 Å². The van der Waals surface area contributed by atoms with Gasteiger partial charge < -0.3 is 15.7 Å². The molecule has 1 atom stereocenters. The maximum absolute atomic E-state index is 11.6. The smallest absolute Gasteiger partial charge is 0.394 e. The number of nitrogens with two attached hydrogens (primary N) is 1. The van der Waals surface area contributed by atoms with Crippen LogP contribution >= 0.6 is 19.4 Å². The zero-order chi connectivity index (χ0) is 27.3. The predicted octanol–water partition coefficient (Wildman–Crippen LogP) is 5.80. The zero-order valence-electron chi connectivity index (χ0n) is 20.8. The molecule has 0 aromatic heterocycles. The van der Waals surface area contributed by atoms with Crippen molar-refractivity contribution in [3.8, 4) is 0 Å². The molecule has 2 rings (SSSR count). The lowest BCUT2D eigenvalue weighted by Gasteiger charge is -2.26. The number of nitrogens with zero attached hydrogens (tertiary/aromatic N) is 3. The average molecular weight is 547 g/mol. The summed E-state index contributed by atoms with van der Waals surface area (Å²) in [5, 5.41) is 15.8. The maximum atomic E-state index is 11.6. The minimum atomic E-state index is -4.53. The van der Waals surface area contributed by atoms with Crippen LogP contribution in [0.5, 0.6) is 0 Å². The number of allylic oxidation sites excluding steroid dienone is 2. The first kappa shape index (κ1) is 30.3. The fraction of sp³-hybridized carbons (Fsp3) is 0.320. The Balaban J connectivity index is 1.89. The minimum absolute atomic E-state index is 0.233. The molecule has 10 nitrogen and oxygen atoms in total. The number of rotatable bonds is 16. The Morgan fingerprint density at radius 1 is 1.11 bits per heavy atom. The number of thioether (sulfide) groups is 1. The molecule has 0 aliphatic heterocycles.